The molecular weight excluding hydrogens is 382 g/mol. The predicted octanol–water partition coefficient (Wildman–Crippen LogP) is 5.09. The molecule has 3 N–H and O–H groups in total. The Bertz CT molecular complexity index is 787. The molecule has 1 aromatic heterocycles. The van der Waals surface area contributed by atoms with Gasteiger partial charge in [-0.25, -0.2) is 4.98 Å². The number of hydrogen-bond acceptors (Lipinski definition) is 3. The van der Waals surface area contributed by atoms with Crippen LogP contribution in [0.15, 0.2) is 57.6 Å². The van der Waals surface area contributed by atoms with Crippen LogP contribution in [0.2, 0.25) is 0 Å². The SMILES string of the molecule is Nc1cc(Br)cnc1Nc1ccc2cc(Br)ccc2c1. The Morgan fingerprint density at radius 1 is 0.900 bits per heavy atom. The average Bonchev–Trinajstić information content (AvgIpc) is 2.42. The van der Waals surface area contributed by atoms with Crippen molar-refractivity contribution in [2.75, 3.05) is 11.1 Å². The van der Waals surface area contributed by atoms with Gasteiger partial charge in [0.1, 0.15) is 0 Å². The van der Waals surface area contributed by atoms with Gasteiger partial charge >= 0.3 is 0 Å². The minimum atomic E-state index is 0.607. The molecule has 100 valence electrons. The van der Waals surface area contributed by atoms with Crippen LogP contribution < -0.4 is 11.1 Å². The zero-order valence-electron chi connectivity index (χ0n) is 10.4. The summed E-state index contributed by atoms with van der Waals surface area (Å²) in [5.41, 5.74) is 7.51. The molecule has 0 bridgehead atoms. The zero-order chi connectivity index (χ0) is 14.1. The van der Waals surface area contributed by atoms with Gasteiger partial charge in [0.2, 0.25) is 0 Å². The number of hydrogen-bond donors (Lipinski definition) is 2. The first kappa shape index (κ1) is 13.4. The smallest absolute Gasteiger partial charge is 0.153 e. The molecule has 3 aromatic rings. The Morgan fingerprint density at radius 3 is 2.45 bits per heavy atom. The lowest BCUT2D eigenvalue weighted by Crippen LogP contribution is -1.98. The molecule has 0 fully saturated rings. The van der Waals surface area contributed by atoms with Gasteiger partial charge in [-0.05, 0) is 57.0 Å². The van der Waals surface area contributed by atoms with Gasteiger partial charge in [0.25, 0.3) is 0 Å². The van der Waals surface area contributed by atoms with Crippen molar-refractivity contribution < 1.29 is 0 Å². The number of anilines is 3. The summed E-state index contributed by atoms with van der Waals surface area (Å²) in [7, 11) is 0. The van der Waals surface area contributed by atoms with Gasteiger partial charge in [-0.15, -0.1) is 0 Å². The van der Waals surface area contributed by atoms with Crippen molar-refractivity contribution >= 4 is 59.8 Å². The Labute approximate surface area is 133 Å². The van der Waals surface area contributed by atoms with Gasteiger partial charge in [-0.1, -0.05) is 28.1 Å². The van der Waals surface area contributed by atoms with Crippen LogP contribution in [0.5, 0.6) is 0 Å². The van der Waals surface area contributed by atoms with Crippen LogP contribution in [0.1, 0.15) is 0 Å². The number of aromatic nitrogens is 1. The summed E-state index contributed by atoms with van der Waals surface area (Å²) in [4.78, 5) is 4.28. The molecule has 1 heterocycles. The number of benzene rings is 2. The third kappa shape index (κ3) is 2.78. The fourth-order valence-corrected chi connectivity index (χ4v) is 2.72. The first-order valence-electron chi connectivity index (χ1n) is 5.99. The molecule has 3 nitrogen and oxygen atoms in total. The Balaban J connectivity index is 1.96. The summed E-state index contributed by atoms with van der Waals surface area (Å²) >= 11 is 6.82. The van der Waals surface area contributed by atoms with Gasteiger partial charge in [0.15, 0.2) is 5.82 Å². The maximum atomic E-state index is 5.94. The number of nitrogens with zero attached hydrogens (tertiary/aromatic N) is 1. The van der Waals surface area contributed by atoms with Crippen molar-refractivity contribution in [3.63, 3.8) is 0 Å². The number of nitrogens with two attached hydrogens (primary N) is 1. The Kier molecular flexibility index (Phi) is 3.63. The zero-order valence-corrected chi connectivity index (χ0v) is 13.6. The molecule has 0 aliphatic carbocycles. The van der Waals surface area contributed by atoms with Crippen LogP contribution in [0.3, 0.4) is 0 Å². The van der Waals surface area contributed by atoms with Gasteiger partial charge in [0.05, 0.1) is 5.69 Å². The molecule has 0 saturated carbocycles. The second-order valence-corrected chi connectivity index (χ2v) is 6.25. The normalized spacial score (nSPS) is 10.7. The van der Waals surface area contributed by atoms with E-state index in [1.807, 2.05) is 18.2 Å². The predicted molar refractivity (Wildman–Crippen MR) is 91.3 cm³/mol. The van der Waals surface area contributed by atoms with Crippen molar-refractivity contribution in [3.05, 3.63) is 57.6 Å². The lowest BCUT2D eigenvalue weighted by molar-refractivity contribution is 1.30. The van der Waals surface area contributed by atoms with Crippen LogP contribution in [0.25, 0.3) is 10.8 Å². The van der Waals surface area contributed by atoms with E-state index in [1.165, 1.54) is 5.39 Å². The molecule has 5 heteroatoms. The highest BCUT2D eigenvalue weighted by Gasteiger charge is 2.03. The van der Waals surface area contributed by atoms with Crippen molar-refractivity contribution in [2.24, 2.45) is 0 Å². The fraction of sp³-hybridized carbons (Fsp3) is 0. The molecule has 0 radical (unpaired) electrons. The third-order valence-corrected chi connectivity index (χ3v) is 3.88. The minimum absolute atomic E-state index is 0.607. The average molecular weight is 393 g/mol. The summed E-state index contributed by atoms with van der Waals surface area (Å²) in [6, 6.07) is 14.2. The third-order valence-electron chi connectivity index (χ3n) is 2.95. The number of nitrogens with one attached hydrogen (secondary N) is 1. The first-order chi connectivity index (χ1) is 9.61. The van der Waals surface area contributed by atoms with Crippen molar-refractivity contribution in [1.29, 1.82) is 0 Å². The fourth-order valence-electron chi connectivity index (χ4n) is 1.99. The van der Waals surface area contributed by atoms with Crippen LogP contribution in [0, 0.1) is 0 Å². The quantitative estimate of drug-likeness (QED) is 0.638. The topological polar surface area (TPSA) is 50.9 Å². The molecule has 0 saturated heterocycles. The summed E-state index contributed by atoms with van der Waals surface area (Å²) in [5, 5.41) is 5.58. The van der Waals surface area contributed by atoms with Gasteiger partial charge in [-0.2, -0.15) is 0 Å². The summed E-state index contributed by atoms with van der Waals surface area (Å²) in [6.07, 6.45) is 1.72. The molecule has 0 spiro atoms. The molecule has 3 rings (SSSR count). The van der Waals surface area contributed by atoms with Crippen molar-refractivity contribution in [3.8, 4) is 0 Å². The Morgan fingerprint density at radius 2 is 1.65 bits per heavy atom. The lowest BCUT2D eigenvalue weighted by atomic mass is 10.1. The minimum Gasteiger partial charge on any atom is -0.396 e. The van der Waals surface area contributed by atoms with Gasteiger partial charge < -0.3 is 11.1 Å². The van der Waals surface area contributed by atoms with E-state index in [2.05, 4.69) is 66.4 Å². The molecule has 0 aliphatic rings. The van der Waals surface area contributed by atoms with Crippen molar-refractivity contribution in [1.82, 2.24) is 4.98 Å². The summed E-state index contributed by atoms with van der Waals surface area (Å²) in [5.74, 6) is 0.657. The summed E-state index contributed by atoms with van der Waals surface area (Å²) < 4.78 is 1.94. The van der Waals surface area contributed by atoms with Crippen LogP contribution in [-0.4, -0.2) is 4.98 Å². The highest BCUT2D eigenvalue weighted by atomic mass is 79.9. The van der Waals surface area contributed by atoms with E-state index in [0.717, 1.165) is 20.0 Å². The van der Waals surface area contributed by atoms with E-state index in [1.54, 1.807) is 6.20 Å². The van der Waals surface area contributed by atoms with Gasteiger partial charge in [-0.3, -0.25) is 0 Å². The number of halogens is 2. The lowest BCUT2D eigenvalue weighted by Gasteiger charge is -2.09. The molecule has 0 unspecified atom stereocenters. The highest BCUT2D eigenvalue weighted by molar-refractivity contribution is 9.10. The van der Waals surface area contributed by atoms with E-state index in [9.17, 15) is 0 Å². The van der Waals surface area contributed by atoms with Crippen molar-refractivity contribution in [2.45, 2.75) is 0 Å². The maximum Gasteiger partial charge on any atom is 0.153 e. The molecule has 0 atom stereocenters. The largest absolute Gasteiger partial charge is 0.396 e. The number of rotatable bonds is 2. The van der Waals surface area contributed by atoms with Gasteiger partial charge in [0, 0.05) is 20.8 Å². The molecule has 0 aliphatic heterocycles. The summed E-state index contributed by atoms with van der Waals surface area (Å²) in [6.45, 7) is 0. The van der Waals surface area contributed by atoms with Crippen LogP contribution in [-0.2, 0) is 0 Å². The number of nitrogen functional groups attached to an aromatic ring is 1. The number of fused-ring (bicyclic) bond motifs is 1. The van der Waals surface area contributed by atoms with E-state index < -0.39 is 0 Å². The first-order valence-corrected chi connectivity index (χ1v) is 7.58. The second-order valence-electron chi connectivity index (χ2n) is 4.42. The highest BCUT2D eigenvalue weighted by Crippen LogP contribution is 2.27. The van der Waals surface area contributed by atoms with Crippen LogP contribution in [0.4, 0.5) is 17.2 Å². The van der Waals surface area contributed by atoms with E-state index in [4.69, 9.17) is 5.73 Å². The van der Waals surface area contributed by atoms with E-state index >= 15 is 0 Å². The Hall–Kier alpha value is -1.59. The monoisotopic (exact) mass is 391 g/mol. The maximum absolute atomic E-state index is 5.94. The molecule has 0 amide bonds. The standard InChI is InChI=1S/C15H11Br2N3/c16-11-3-1-10-6-13(4-2-9(10)5-11)20-15-14(18)7-12(17)8-19-15/h1-8H,18H2,(H,19,20). The van der Waals surface area contributed by atoms with Crippen LogP contribution >= 0.6 is 31.9 Å². The molecular formula is C15H11Br2N3. The number of pyridine rings is 1. The van der Waals surface area contributed by atoms with E-state index in [-0.39, 0.29) is 0 Å². The van der Waals surface area contributed by atoms with E-state index in [0.29, 0.717) is 11.5 Å². The molecule has 2 aromatic carbocycles. The second kappa shape index (κ2) is 5.42. The molecule has 20 heavy (non-hydrogen) atoms.